The Hall–Kier alpha value is -9.88. The molecule has 0 unspecified atom stereocenters. The molecule has 76 heavy (non-hydrogen) atoms. The van der Waals surface area contributed by atoms with E-state index >= 15 is 0 Å². The minimum absolute atomic E-state index is 0.598. The second-order valence-corrected chi connectivity index (χ2v) is 18.4. The Labute approximate surface area is 441 Å². The first-order valence-corrected chi connectivity index (χ1v) is 25.0. The maximum Gasteiger partial charge on any atom is 0.143 e. The molecule has 0 amide bonds. The van der Waals surface area contributed by atoms with Gasteiger partial charge in [0.1, 0.15) is 34.5 Å². The van der Waals surface area contributed by atoms with E-state index in [-0.39, 0.29) is 0 Å². The molecule has 6 nitrogen and oxygen atoms in total. The summed E-state index contributed by atoms with van der Waals surface area (Å²) >= 11 is 0. The second kappa shape index (κ2) is 19.9. The molecule has 12 aromatic rings. The lowest BCUT2D eigenvalue weighted by molar-refractivity contribution is 0.410. The smallest absolute Gasteiger partial charge is 0.143 e. The van der Waals surface area contributed by atoms with Gasteiger partial charge < -0.3 is 28.4 Å². The number of fused-ring (bicyclic) bond motifs is 6. The zero-order valence-corrected chi connectivity index (χ0v) is 42.9. The molecule has 0 aliphatic heterocycles. The van der Waals surface area contributed by atoms with E-state index in [2.05, 4.69) is 157 Å². The average molecular weight is 987 g/mol. The summed E-state index contributed by atoms with van der Waals surface area (Å²) in [6.45, 7) is 0. The normalized spacial score (nSPS) is 11.1. The van der Waals surface area contributed by atoms with Crippen molar-refractivity contribution in [3.63, 3.8) is 0 Å². The Bertz CT molecular complexity index is 4160. The fourth-order valence-corrected chi connectivity index (χ4v) is 11.2. The van der Waals surface area contributed by atoms with Crippen LogP contribution in [0.25, 0.3) is 98.0 Å². The van der Waals surface area contributed by atoms with Gasteiger partial charge in [-0.1, -0.05) is 181 Å². The van der Waals surface area contributed by atoms with E-state index in [1.54, 1.807) is 42.7 Å². The number of ether oxygens (including phenoxy) is 6. The summed E-state index contributed by atoms with van der Waals surface area (Å²) in [7, 11) is 10.2. The van der Waals surface area contributed by atoms with Crippen molar-refractivity contribution in [2.45, 2.75) is 0 Å². The molecule has 0 N–H and O–H groups in total. The number of hydrogen-bond donors (Lipinski definition) is 0. The summed E-state index contributed by atoms with van der Waals surface area (Å²) in [5.74, 6) is 18.3. The molecule has 0 radical (unpaired) electrons. The predicted molar refractivity (Wildman–Crippen MR) is 312 cm³/mol. The summed E-state index contributed by atoms with van der Waals surface area (Å²) in [6, 6.07) is 66.6. The second-order valence-electron chi connectivity index (χ2n) is 18.4. The summed E-state index contributed by atoms with van der Waals surface area (Å²) in [5, 5.41) is 12.3. The Morgan fingerprint density at radius 2 is 0.447 bits per heavy atom. The Balaban J connectivity index is 1.09. The van der Waals surface area contributed by atoms with Gasteiger partial charge in [-0.15, -0.1) is 0 Å². The molecule has 0 saturated heterocycles. The molecule has 0 fully saturated rings. The van der Waals surface area contributed by atoms with Gasteiger partial charge >= 0.3 is 0 Å². The van der Waals surface area contributed by atoms with Crippen molar-refractivity contribution >= 4 is 64.6 Å². The Morgan fingerprint density at radius 3 is 0.697 bits per heavy atom. The van der Waals surface area contributed by atoms with E-state index < -0.39 is 0 Å². The molecule has 12 rings (SSSR count). The highest BCUT2D eigenvalue weighted by Gasteiger charge is 2.26. The standard InChI is InChI=1S/C70H50O6/c1-71-59-37-35-43-19-7-13-25-53(43)61(59)63-55-27-15-9-21-45(55)39-49(67(63)73-3)31-33-51-41-47-23-11-17-29-57(47)65(69(51)75-5)66-58-30-18-12-24-48(58)42-52(70(66)76-6)34-32-50-40-46-22-10-16-28-56(46)64(68(50)74-4)62-54-26-14-8-20-44(54)36-38-60(62)72-2/h7-30,35-42H,1-6H3. The van der Waals surface area contributed by atoms with Crippen LogP contribution in [0.15, 0.2) is 194 Å². The van der Waals surface area contributed by atoms with E-state index in [1.165, 1.54) is 0 Å². The average Bonchev–Trinajstić information content (AvgIpc) is 3.54. The van der Waals surface area contributed by atoms with Crippen LogP contribution in [0.1, 0.15) is 22.3 Å². The SMILES string of the molecule is COc1ccc2ccccc2c1-c1c(OC)c(C#Cc2cc3ccccc3c(-c3c(OC)c(C#Cc4cc5ccccc5c(-c5c(OC)ccc6ccccc56)c4OC)cc4ccccc34)c2OC)cc2ccccc12. The molecule has 6 heteroatoms. The molecule has 0 bridgehead atoms. The molecule has 366 valence electrons. The third kappa shape index (κ3) is 7.87. The van der Waals surface area contributed by atoms with Gasteiger partial charge in [-0.2, -0.15) is 0 Å². The van der Waals surface area contributed by atoms with Crippen LogP contribution in [-0.4, -0.2) is 42.7 Å². The molecule has 0 atom stereocenters. The lowest BCUT2D eigenvalue weighted by Gasteiger charge is -2.20. The van der Waals surface area contributed by atoms with E-state index in [4.69, 9.17) is 28.4 Å². The first kappa shape index (κ1) is 47.1. The topological polar surface area (TPSA) is 55.4 Å². The van der Waals surface area contributed by atoms with Crippen molar-refractivity contribution in [3.8, 4) is 91.6 Å². The molecule has 0 heterocycles. The van der Waals surface area contributed by atoms with Gasteiger partial charge in [-0.05, 0) is 101 Å². The van der Waals surface area contributed by atoms with Crippen LogP contribution in [0.4, 0.5) is 0 Å². The Morgan fingerprint density at radius 1 is 0.224 bits per heavy atom. The molecule has 0 aliphatic rings. The Kier molecular flexibility index (Phi) is 12.3. The summed E-state index contributed by atoms with van der Waals surface area (Å²) in [6.07, 6.45) is 0. The van der Waals surface area contributed by atoms with Gasteiger partial charge in [-0.25, -0.2) is 0 Å². The van der Waals surface area contributed by atoms with Crippen LogP contribution in [0, 0.1) is 23.7 Å². The lowest BCUT2D eigenvalue weighted by atomic mass is 9.88. The van der Waals surface area contributed by atoms with Crippen LogP contribution >= 0.6 is 0 Å². The van der Waals surface area contributed by atoms with Crippen LogP contribution in [0.5, 0.6) is 34.5 Å². The quantitative estimate of drug-likeness (QED) is 0.134. The van der Waals surface area contributed by atoms with Crippen LogP contribution in [-0.2, 0) is 0 Å². The number of hydrogen-bond acceptors (Lipinski definition) is 6. The van der Waals surface area contributed by atoms with Gasteiger partial charge in [0.2, 0.25) is 0 Å². The maximum atomic E-state index is 6.55. The van der Waals surface area contributed by atoms with Crippen LogP contribution in [0.2, 0.25) is 0 Å². The van der Waals surface area contributed by atoms with Crippen molar-refractivity contribution in [1.29, 1.82) is 0 Å². The van der Waals surface area contributed by atoms with Crippen LogP contribution in [0.3, 0.4) is 0 Å². The van der Waals surface area contributed by atoms with Crippen molar-refractivity contribution in [2.24, 2.45) is 0 Å². The van der Waals surface area contributed by atoms with Gasteiger partial charge in [0.25, 0.3) is 0 Å². The lowest BCUT2D eigenvalue weighted by Crippen LogP contribution is -2.00. The minimum atomic E-state index is 0.598. The third-order valence-electron chi connectivity index (χ3n) is 14.5. The third-order valence-corrected chi connectivity index (χ3v) is 14.5. The molecular weight excluding hydrogens is 937 g/mol. The highest BCUT2D eigenvalue weighted by molar-refractivity contribution is 6.14. The van der Waals surface area contributed by atoms with Gasteiger partial charge in [-0.3, -0.25) is 0 Å². The largest absolute Gasteiger partial charge is 0.496 e. The highest BCUT2D eigenvalue weighted by atomic mass is 16.5. The predicted octanol–water partition coefficient (Wildman–Crippen LogP) is 16.5. The first-order chi connectivity index (χ1) is 37.5. The number of methoxy groups -OCH3 is 6. The summed E-state index contributed by atoms with van der Waals surface area (Å²) in [4.78, 5) is 0. The van der Waals surface area contributed by atoms with E-state index in [0.717, 1.165) is 121 Å². The van der Waals surface area contributed by atoms with Crippen molar-refractivity contribution in [2.75, 3.05) is 42.7 Å². The summed E-state index contributed by atoms with van der Waals surface area (Å²) < 4.78 is 38.1. The maximum absolute atomic E-state index is 6.55. The highest BCUT2D eigenvalue weighted by Crippen LogP contribution is 2.51. The monoisotopic (exact) mass is 986 g/mol. The molecule has 0 saturated carbocycles. The molecule has 0 spiro atoms. The zero-order chi connectivity index (χ0) is 51.9. The van der Waals surface area contributed by atoms with E-state index in [0.29, 0.717) is 34.1 Å². The van der Waals surface area contributed by atoms with Gasteiger partial charge in [0.15, 0.2) is 0 Å². The fraction of sp³-hybridized carbons (Fsp3) is 0.0857. The van der Waals surface area contributed by atoms with Crippen molar-refractivity contribution in [3.05, 3.63) is 216 Å². The fourth-order valence-electron chi connectivity index (χ4n) is 11.2. The molecule has 12 aromatic carbocycles. The zero-order valence-electron chi connectivity index (χ0n) is 42.9. The number of rotatable bonds is 9. The van der Waals surface area contributed by atoms with E-state index in [9.17, 15) is 0 Å². The van der Waals surface area contributed by atoms with Crippen molar-refractivity contribution in [1.82, 2.24) is 0 Å². The molecule has 0 aliphatic carbocycles. The summed E-state index contributed by atoms with van der Waals surface area (Å²) in [5.41, 5.74) is 8.18. The van der Waals surface area contributed by atoms with Crippen LogP contribution < -0.4 is 28.4 Å². The minimum Gasteiger partial charge on any atom is -0.496 e. The molecule has 0 aromatic heterocycles. The van der Waals surface area contributed by atoms with E-state index in [1.807, 2.05) is 60.7 Å². The van der Waals surface area contributed by atoms with Gasteiger partial charge in [0.05, 0.1) is 64.9 Å². The number of benzene rings is 12. The first-order valence-electron chi connectivity index (χ1n) is 25.0. The van der Waals surface area contributed by atoms with Crippen molar-refractivity contribution < 1.29 is 28.4 Å². The molecular formula is C70H50O6. The van der Waals surface area contributed by atoms with Gasteiger partial charge in [0, 0.05) is 33.4 Å².